The minimum atomic E-state index is -1.10. The molecule has 0 spiro atoms. The lowest BCUT2D eigenvalue weighted by Crippen LogP contribution is -2.56. The fourth-order valence-corrected chi connectivity index (χ4v) is 3.34. The summed E-state index contributed by atoms with van der Waals surface area (Å²) >= 11 is 0. The Morgan fingerprint density at radius 2 is 1.50 bits per heavy atom. The van der Waals surface area contributed by atoms with Crippen molar-refractivity contribution in [3.8, 4) is 0 Å². The molecule has 6 nitrogen and oxygen atoms in total. The number of hydrogen-bond donors (Lipinski definition) is 3. The lowest BCUT2D eigenvalue weighted by Gasteiger charge is -2.26. The molecule has 3 rings (SSSR count). The fourth-order valence-electron chi connectivity index (χ4n) is 3.34. The van der Waals surface area contributed by atoms with E-state index < -0.39 is 11.6 Å². The highest BCUT2D eigenvalue weighted by Crippen LogP contribution is 2.18. The van der Waals surface area contributed by atoms with Gasteiger partial charge in [-0.05, 0) is 37.1 Å². The summed E-state index contributed by atoms with van der Waals surface area (Å²) in [4.78, 5) is 30.4. The zero-order valence-electron chi connectivity index (χ0n) is 18.5. The van der Waals surface area contributed by atoms with Gasteiger partial charge in [-0.15, -0.1) is 0 Å². The van der Waals surface area contributed by atoms with Gasteiger partial charge in [-0.3, -0.25) is 14.6 Å². The van der Waals surface area contributed by atoms with E-state index in [1.807, 2.05) is 78.9 Å². The lowest BCUT2D eigenvalue weighted by molar-refractivity contribution is -0.131. The predicted octanol–water partition coefficient (Wildman–Crippen LogP) is 2.95. The van der Waals surface area contributed by atoms with E-state index in [1.165, 1.54) is 0 Å². The van der Waals surface area contributed by atoms with E-state index in [2.05, 4.69) is 15.6 Å². The number of hydrogen-bond acceptors (Lipinski definition) is 4. The normalized spacial score (nSPS) is 13.1. The highest BCUT2D eigenvalue weighted by Gasteiger charge is 2.29. The van der Waals surface area contributed by atoms with Crippen LogP contribution in [0.1, 0.15) is 36.7 Å². The van der Waals surface area contributed by atoms with Gasteiger partial charge in [0.1, 0.15) is 6.04 Å². The van der Waals surface area contributed by atoms with Gasteiger partial charge < -0.3 is 16.4 Å². The van der Waals surface area contributed by atoms with Gasteiger partial charge in [-0.1, -0.05) is 66.7 Å². The molecule has 1 unspecified atom stereocenters. The molecule has 1 heterocycles. The Kier molecular flexibility index (Phi) is 7.73. The molecular weight excluding hydrogens is 400 g/mol. The average molecular weight is 431 g/mol. The van der Waals surface area contributed by atoms with Gasteiger partial charge in [0, 0.05) is 24.7 Å². The summed E-state index contributed by atoms with van der Waals surface area (Å²) in [7, 11) is 0. The highest BCUT2D eigenvalue weighted by atomic mass is 16.2. The van der Waals surface area contributed by atoms with Gasteiger partial charge in [0.2, 0.25) is 11.8 Å². The van der Waals surface area contributed by atoms with Crippen LogP contribution in [0.15, 0.2) is 85.1 Å². The molecule has 0 aliphatic heterocycles. The Morgan fingerprint density at radius 1 is 0.875 bits per heavy atom. The number of aromatic nitrogens is 1. The van der Waals surface area contributed by atoms with Gasteiger partial charge in [0.05, 0.1) is 11.6 Å². The van der Waals surface area contributed by atoms with Crippen LogP contribution in [0, 0.1) is 0 Å². The number of rotatable bonds is 9. The second-order valence-corrected chi connectivity index (χ2v) is 8.43. The molecule has 0 radical (unpaired) electrons. The molecule has 0 saturated heterocycles. The summed E-state index contributed by atoms with van der Waals surface area (Å²) in [6.45, 7) is 3.24. The maximum absolute atomic E-state index is 13.4. The quantitative estimate of drug-likeness (QED) is 0.486. The van der Waals surface area contributed by atoms with Crippen LogP contribution in [0.4, 0.5) is 0 Å². The molecule has 3 aromatic rings. The SMILES string of the molecule is CC(C)(N)C(=O)N[C@@H](Cc1ccccc1)C(=O)NC(Cc1ccccn1)c1ccccc1. The third kappa shape index (κ3) is 6.75. The zero-order chi connectivity index (χ0) is 23.0. The molecule has 0 bridgehead atoms. The van der Waals surface area contributed by atoms with Crippen molar-refractivity contribution in [2.45, 2.75) is 44.3 Å². The number of benzene rings is 2. The highest BCUT2D eigenvalue weighted by molar-refractivity contribution is 5.91. The molecule has 0 fully saturated rings. The minimum Gasteiger partial charge on any atom is -0.347 e. The van der Waals surface area contributed by atoms with Crippen molar-refractivity contribution in [3.05, 3.63) is 102 Å². The molecule has 0 aliphatic rings. The Morgan fingerprint density at radius 3 is 2.09 bits per heavy atom. The Labute approximate surface area is 189 Å². The van der Waals surface area contributed by atoms with Crippen LogP contribution in [0.25, 0.3) is 0 Å². The van der Waals surface area contributed by atoms with Gasteiger partial charge in [-0.2, -0.15) is 0 Å². The molecule has 2 aromatic carbocycles. The summed E-state index contributed by atoms with van der Waals surface area (Å²) in [5, 5.41) is 5.96. The first kappa shape index (κ1) is 23.2. The smallest absolute Gasteiger partial charge is 0.243 e. The first-order valence-electron chi connectivity index (χ1n) is 10.7. The number of nitrogens with zero attached hydrogens (tertiary/aromatic N) is 1. The first-order chi connectivity index (χ1) is 15.3. The molecule has 1 aromatic heterocycles. The summed E-state index contributed by atoms with van der Waals surface area (Å²) < 4.78 is 0. The number of nitrogens with one attached hydrogen (secondary N) is 2. The van der Waals surface area contributed by atoms with Crippen molar-refractivity contribution in [1.29, 1.82) is 0 Å². The van der Waals surface area contributed by atoms with Gasteiger partial charge in [0.15, 0.2) is 0 Å². The number of carbonyl (C=O) groups is 2. The van der Waals surface area contributed by atoms with Crippen molar-refractivity contribution >= 4 is 11.8 Å². The minimum absolute atomic E-state index is 0.267. The average Bonchev–Trinajstić information content (AvgIpc) is 2.79. The molecule has 6 heteroatoms. The second-order valence-electron chi connectivity index (χ2n) is 8.43. The number of nitrogens with two attached hydrogens (primary N) is 1. The molecule has 166 valence electrons. The molecule has 2 atom stereocenters. The fraction of sp³-hybridized carbons (Fsp3) is 0.269. The van der Waals surface area contributed by atoms with Crippen LogP contribution in [-0.4, -0.2) is 28.4 Å². The van der Waals surface area contributed by atoms with Gasteiger partial charge in [0.25, 0.3) is 0 Å². The summed E-state index contributed by atoms with van der Waals surface area (Å²) in [5.41, 5.74) is 7.65. The van der Waals surface area contributed by atoms with Crippen LogP contribution >= 0.6 is 0 Å². The van der Waals surface area contributed by atoms with E-state index in [0.717, 1.165) is 16.8 Å². The maximum atomic E-state index is 13.4. The van der Waals surface area contributed by atoms with E-state index in [-0.39, 0.29) is 17.9 Å². The summed E-state index contributed by atoms with van der Waals surface area (Å²) in [6, 6.07) is 24.0. The van der Waals surface area contributed by atoms with Crippen LogP contribution in [0.5, 0.6) is 0 Å². The van der Waals surface area contributed by atoms with E-state index >= 15 is 0 Å². The van der Waals surface area contributed by atoms with Crippen LogP contribution < -0.4 is 16.4 Å². The Bertz CT molecular complexity index is 1000. The molecule has 4 N–H and O–H groups in total. The van der Waals surface area contributed by atoms with E-state index in [1.54, 1.807) is 20.0 Å². The lowest BCUT2D eigenvalue weighted by atomic mass is 9.99. The predicted molar refractivity (Wildman–Crippen MR) is 126 cm³/mol. The Hall–Kier alpha value is -3.51. The van der Waals surface area contributed by atoms with Crippen molar-refractivity contribution in [3.63, 3.8) is 0 Å². The van der Waals surface area contributed by atoms with E-state index in [4.69, 9.17) is 5.73 Å². The van der Waals surface area contributed by atoms with Crippen LogP contribution in [0.3, 0.4) is 0 Å². The third-order valence-electron chi connectivity index (χ3n) is 5.15. The number of carbonyl (C=O) groups excluding carboxylic acids is 2. The standard InChI is InChI=1S/C26H30N4O2/c1-26(2,27)25(32)30-23(17-19-11-5-3-6-12-19)24(31)29-22(20-13-7-4-8-14-20)18-21-15-9-10-16-28-21/h3-16,22-23H,17-18,27H2,1-2H3,(H,29,31)(H,30,32)/t22?,23-/m0/s1. The molecule has 0 aliphatic carbocycles. The zero-order valence-corrected chi connectivity index (χ0v) is 18.5. The van der Waals surface area contributed by atoms with Crippen molar-refractivity contribution < 1.29 is 9.59 Å². The van der Waals surface area contributed by atoms with Crippen molar-refractivity contribution in [1.82, 2.24) is 15.6 Å². The largest absolute Gasteiger partial charge is 0.347 e. The summed E-state index contributed by atoms with van der Waals surface area (Å²) in [5.74, 6) is -0.647. The molecule has 2 amide bonds. The molecule has 32 heavy (non-hydrogen) atoms. The van der Waals surface area contributed by atoms with Crippen LogP contribution in [-0.2, 0) is 22.4 Å². The van der Waals surface area contributed by atoms with Gasteiger partial charge >= 0.3 is 0 Å². The number of amides is 2. The van der Waals surface area contributed by atoms with Gasteiger partial charge in [-0.25, -0.2) is 0 Å². The first-order valence-corrected chi connectivity index (χ1v) is 10.7. The van der Waals surface area contributed by atoms with E-state index in [0.29, 0.717) is 12.8 Å². The summed E-state index contributed by atoms with van der Waals surface area (Å²) in [6.07, 6.45) is 2.63. The monoisotopic (exact) mass is 430 g/mol. The topological polar surface area (TPSA) is 97.1 Å². The third-order valence-corrected chi connectivity index (χ3v) is 5.15. The Balaban J connectivity index is 1.83. The van der Waals surface area contributed by atoms with E-state index in [9.17, 15) is 9.59 Å². The second kappa shape index (κ2) is 10.7. The molecule has 0 saturated carbocycles. The van der Waals surface area contributed by atoms with Crippen molar-refractivity contribution in [2.75, 3.05) is 0 Å². The van der Waals surface area contributed by atoms with Crippen molar-refractivity contribution in [2.24, 2.45) is 5.73 Å². The van der Waals surface area contributed by atoms with Crippen LogP contribution in [0.2, 0.25) is 0 Å². The molecular formula is C26H30N4O2. The maximum Gasteiger partial charge on any atom is 0.243 e. The number of pyridine rings is 1.